The Morgan fingerprint density at radius 3 is 2.52 bits per heavy atom. The molecule has 2 aromatic rings. The van der Waals surface area contributed by atoms with Crippen molar-refractivity contribution in [3.8, 4) is 0 Å². The number of nitrogens with zero attached hydrogens (tertiary/aromatic N) is 2. The van der Waals surface area contributed by atoms with Crippen LogP contribution < -0.4 is 10.6 Å². The number of benzene rings is 1. The molecule has 0 bridgehead atoms. The highest BCUT2D eigenvalue weighted by Crippen LogP contribution is 2.14. The molecule has 0 spiro atoms. The first kappa shape index (κ1) is 15.0. The summed E-state index contributed by atoms with van der Waals surface area (Å²) in [6.45, 7) is 5.93. The number of aromatic nitrogens is 2. The predicted octanol–water partition coefficient (Wildman–Crippen LogP) is 2.92. The van der Waals surface area contributed by atoms with E-state index < -0.39 is 0 Å². The number of hydrogen-bond donors (Lipinski definition) is 2. The lowest BCUT2D eigenvalue weighted by molar-refractivity contribution is 0.0938. The first-order chi connectivity index (χ1) is 10.1. The minimum absolute atomic E-state index is 0.0745. The molecule has 0 saturated carbocycles. The third-order valence-electron chi connectivity index (χ3n) is 2.93. The Morgan fingerprint density at radius 2 is 1.90 bits per heavy atom. The fourth-order valence-electron chi connectivity index (χ4n) is 1.83. The molecule has 0 fully saturated rings. The van der Waals surface area contributed by atoms with Gasteiger partial charge in [-0.05, 0) is 44.0 Å². The molecule has 0 atom stereocenters. The summed E-state index contributed by atoms with van der Waals surface area (Å²) in [5, 5.41) is 5.91. The zero-order chi connectivity index (χ0) is 15.2. The molecule has 1 aromatic heterocycles. The molecule has 0 aliphatic rings. The van der Waals surface area contributed by atoms with E-state index in [1.54, 1.807) is 12.3 Å². The lowest BCUT2D eigenvalue weighted by atomic mass is 10.1. The molecule has 0 aliphatic carbocycles. The first-order valence-corrected chi connectivity index (χ1v) is 7.08. The van der Waals surface area contributed by atoms with E-state index in [-0.39, 0.29) is 11.9 Å². The van der Waals surface area contributed by atoms with Crippen molar-refractivity contribution in [2.24, 2.45) is 0 Å². The highest BCUT2D eigenvalue weighted by atomic mass is 16.1. The van der Waals surface area contributed by atoms with Crippen LogP contribution in [-0.4, -0.2) is 21.9 Å². The van der Waals surface area contributed by atoms with E-state index in [9.17, 15) is 4.79 Å². The van der Waals surface area contributed by atoms with Crippen molar-refractivity contribution in [1.29, 1.82) is 0 Å². The summed E-state index contributed by atoms with van der Waals surface area (Å²) in [4.78, 5) is 20.3. The van der Waals surface area contributed by atoms with Crippen molar-refractivity contribution in [1.82, 2.24) is 15.3 Å². The van der Waals surface area contributed by atoms with E-state index in [0.29, 0.717) is 11.6 Å². The fraction of sp³-hybridized carbons (Fsp3) is 0.312. The van der Waals surface area contributed by atoms with Crippen LogP contribution >= 0.6 is 0 Å². The van der Waals surface area contributed by atoms with Gasteiger partial charge in [-0.3, -0.25) is 4.79 Å². The molecule has 2 N–H and O–H groups in total. The van der Waals surface area contributed by atoms with Crippen molar-refractivity contribution in [3.63, 3.8) is 0 Å². The van der Waals surface area contributed by atoms with Crippen LogP contribution in [0, 0.1) is 0 Å². The van der Waals surface area contributed by atoms with Gasteiger partial charge in [0.05, 0.1) is 0 Å². The van der Waals surface area contributed by atoms with Crippen molar-refractivity contribution in [2.45, 2.75) is 33.2 Å². The number of anilines is 2. The van der Waals surface area contributed by atoms with E-state index in [1.807, 2.05) is 26.0 Å². The summed E-state index contributed by atoms with van der Waals surface area (Å²) in [7, 11) is 0. The molecule has 21 heavy (non-hydrogen) atoms. The lowest BCUT2D eigenvalue weighted by Gasteiger charge is -2.09. The summed E-state index contributed by atoms with van der Waals surface area (Å²) >= 11 is 0. The van der Waals surface area contributed by atoms with Gasteiger partial charge in [0.2, 0.25) is 5.95 Å². The first-order valence-electron chi connectivity index (χ1n) is 7.08. The summed E-state index contributed by atoms with van der Waals surface area (Å²) < 4.78 is 0. The van der Waals surface area contributed by atoms with Gasteiger partial charge in [-0.15, -0.1) is 0 Å². The molecule has 0 aliphatic heterocycles. The van der Waals surface area contributed by atoms with Gasteiger partial charge >= 0.3 is 0 Å². The normalized spacial score (nSPS) is 10.5. The maximum Gasteiger partial charge on any atom is 0.270 e. The van der Waals surface area contributed by atoms with Crippen LogP contribution in [0.3, 0.4) is 0 Å². The Labute approximate surface area is 124 Å². The van der Waals surface area contributed by atoms with E-state index in [4.69, 9.17) is 0 Å². The molecule has 1 aromatic carbocycles. The average Bonchev–Trinajstić information content (AvgIpc) is 2.47. The summed E-state index contributed by atoms with van der Waals surface area (Å²) in [6, 6.07) is 9.73. The number of carbonyl (C=O) groups is 1. The maximum atomic E-state index is 11.9. The van der Waals surface area contributed by atoms with Crippen molar-refractivity contribution >= 4 is 17.5 Å². The predicted molar refractivity (Wildman–Crippen MR) is 83.7 cm³/mol. The molecule has 1 amide bonds. The molecule has 1 heterocycles. The van der Waals surface area contributed by atoms with Gasteiger partial charge in [0.15, 0.2) is 0 Å². The molecular formula is C16H20N4O. The summed E-state index contributed by atoms with van der Waals surface area (Å²) in [5.41, 5.74) is 2.52. The molecule has 0 saturated heterocycles. The number of amides is 1. The fourth-order valence-corrected chi connectivity index (χ4v) is 1.83. The third kappa shape index (κ3) is 4.27. The molecular weight excluding hydrogens is 264 g/mol. The Balaban J connectivity index is 2.11. The molecule has 0 radical (unpaired) electrons. The van der Waals surface area contributed by atoms with Crippen LogP contribution in [-0.2, 0) is 6.42 Å². The lowest BCUT2D eigenvalue weighted by Crippen LogP contribution is -2.30. The summed E-state index contributed by atoms with van der Waals surface area (Å²) in [5.74, 6) is 0.215. The van der Waals surface area contributed by atoms with Gasteiger partial charge in [0, 0.05) is 17.9 Å². The Morgan fingerprint density at radius 1 is 1.19 bits per heavy atom. The van der Waals surface area contributed by atoms with Crippen LogP contribution in [0.2, 0.25) is 0 Å². The topological polar surface area (TPSA) is 66.9 Å². The minimum Gasteiger partial charge on any atom is -0.349 e. The smallest absolute Gasteiger partial charge is 0.270 e. The second-order valence-electron chi connectivity index (χ2n) is 5.07. The number of aryl methyl sites for hydroxylation is 1. The number of nitrogens with one attached hydrogen (secondary N) is 2. The van der Waals surface area contributed by atoms with E-state index in [2.05, 4.69) is 39.7 Å². The second-order valence-corrected chi connectivity index (χ2v) is 5.07. The van der Waals surface area contributed by atoms with Gasteiger partial charge in [-0.25, -0.2) is 9.97 Å². The van der Waals surface area contributed by atoms with Crippen LogP contribution in [0.15, 0.2) is 36.5 Å². The van der Waals surface area contributed by atoms with E-state index in [1.165, 1.54) is 5.56 Å². The second kappa shape index (κ2) is 6.83. The molecule has 2 rings (SSSR count). The minimum atomic E-state index is -0.197. The largest absolute Gasteiger partial charge is 0.349 e. The van der Waals surface area contributed by atoms with Crippen LogP contribution in [0.4, 0.5) is 11.6 Å². The Hall–Kier alpha value is -2.43. The third-order valence-corrected chi connectivity index (χ3v) is 2.93. The number of rotatable bonds is 5. The van der Waals surface area contributed by atoms with E-state index in [0.717, 1.165) is 12.1 Å². The van der Waals surface area contributed by atoms with Crippen LogP contribution in [0.1, 0.15) is 36.8 Å². The Kier molecular flexibility index (Phi) is 4.87. The van der Waals surface area contributed by atoms with Crippen molar-refractivity contribution in [2.75, 3.05) is 5.32 Å². The maximum absolute atomic E-state index is 11.9. The standard InChI is InChI=1S/C16H20N4O/c1-4-12-5-7-13(8-6-12)19-16-17-10-9-14(20-16)15(21)18-11(2)3/h5-11H,4H2,1-3H3,(H,18,21)(H,17,19,20). The summed E-state index contributed by atoms with van der Waals surface area (Å²) in [6.07, 6.45) is 2.58. The highest BCUT2D eigenvalue weighted by Gasteiger charge is 2.09. The van der Waals surface area contributed by atoms with Crippen molar-refractivity contribution in [3.05, 3.63) is 47.8 Å². The van der Waals surface area contributed by atoms with Gasteiger partial charge < -0.3 is 10.6 Å². The SMILES string of the molecule is CCc1ccc(Nc2nccc(C(=O)NC(C)C)n2)cc1. The van der Waals surface area contributed by atoms with Crippen molar-refractivity contribution < 1.29 is 4.79 Å². The number of hydrogen-bond acceptors (Lipinski definition) is 4. The molecule has 0 unspecified atom stereocenters. The van der Waals surface area contributed by atoms with Gasteiger partial charge in [0.1, 0.15) is 5.69 Å². The monoisotopic (exact) mass is 284 g/mol. The quantitative estimate of drug-likeness (QED) is 0.886. The van der Waals surface area contributed by atoms with Crippen LogP contribution in [0.25, 0.3) is 0 Å². The Bertz CT molecular complexity index is 608. The number of carbonyl (C=O) groups excluding carboxylic acids is 1. The van der Waals surface area contributed by atoms with Gasteiger partial charge in [0.25, 0.3) is 5.91 Å². The average molecular weight is 284 g/mol. The zero-order valence-corrected chi connectivity index (χ0v) is 12.6. The molecule has 110 valence electrons. The van der Waals surface area contributed by atoms with Gasteiger partial charge in [-0.2, -0.15) is 0 Å². The van der Waals surface area contributed by atoms with E-state index >= 15 is 0 Å². The highest BCUT2D eigenvalue weighted by molar-refractivity contribution is 5.92. The van der Waals surface area contributed by atoms with Gasteiger partial charge in [-0.1, -0.05) is 19.1 Å². The zero-order valence-electron chi connectivity index (χ0n) is 12.6. The molecule has 5 heteroatoms. The molecule has 5 nitrogen and oxygen atoms in total. The van der Waals surface area contributed by atoms with Crippen LogP contribution in [0.5, 0.6) is 0 Å².